The third kappa shape index (κ3) is 5.44. The van der Waals surface area contributed by atoms with Crippen LogP contribution in [0, 0.1) is 22.7 Å². The topological polar surface area (TPSA) is 147 Å². The van der Waals surface area contributed by atoms with Crippen LogP contribution in [0.15, 0.2) is 53.6 Å². The molecule has 1 unspecified atom stereocenters. The van der Waals surface area contributed by atoms with Gasteiger partial charge in [0.1, 0.15) is 35.3 Å². The number of rotatable bonds is 8. The Kier molecular flexibility index (Phi) is 9.10. The molecule has 0 aromatic heterocycles. The van der Waals surface area contributed by atoms with Gasteiger partial charge in [-0.25, -0.2) is 9.59 Å². The highest BCUT2D eigenvalue weighted by Crippen LogP contribution is 2.71. The van der Waals surface area contributed by atoms with E-state index in [1.54, 1.807) is 37.3 Å². The van der Waals surface area contributed by atoms with Crippen molar-refractivity contribution in [1.29, 1.82) is 0 Å². The molecule has 0 heterocycles. The van der Waals surface area contributed by atoms with Crippen molar-refractivity contribution in [3.8, 4) is 0 Å². The number of ether oxygens (including phenoxy) is 2. The summed E-state index contributed by atoms with van der Waals surface area (Å²) in [6.45, 7) is 10.6. The zero-order valence-electron chi connectivity index (χ0n) is 28.2. The lowest BCUT2D eigenvalue weighted by molar-refractivity contribution is -0.314. The summed E-state index contributed by atoms with van der Waals surface area (Å²) < 4.78 is 11.9. The first-order chi connectivity index (χ1) is 21.9. The van der Waals surface area contributed by atoms with Crippen LogP contribution in [-0.2, 0) is 23.9 Å². The predicted octanol–water partition coefficient (Wildman–Crippen LogP) is 5.06. The lowest BCUT2D eigenvalue weighted by Gasteiger charge is -2.67. The minimum absolute atomic E-state index is 0.0365. The van der Waals surface area contributed by atoms with E-state index < -0.39 is 57.4 Å². The highest BCUT2D eigenvalue weighted by atomic mass is 16.6. The number of aliphatic hydroxyl groups is 3. The molecule has 3 N–H and O–H groups in total. The van der Waals surface area contributed by atoms with Gasteiger partial charge in [-0.2, -0.15) is 0 Å². The maximum absolute atomic E-state index is 13.3. The van der Waals surface area contributed by atoms with Gasteiger partial charge in [0.15, 0.2) is 5.78 Å². The molecule has 0 radical (unpaired) electrons. The van der Waals surface area contributed by atoms with E-state index in [1.165, 1.54) is 19.1 Å². The molecule has 0 spiro atoms. The molecule has 3 fully saturated rings. The molecule has 254 valence electrons. The van der Waals surface area contributed by atoms with Gasteiger partial charge in [-0.3, -0.25) is 9.59 Å². The smallest absolute Gasteiger partial charge is 0.331 e. The van der Waals surface area contributed by atoms with Gasteiger partial charge in [0, 0.05) is 30.1 Å². The Bertz CT molecular complexity index is 1540. The summed E-state index contributed by atoms with van der Waals surface area (Å²) in [6, 6.07) is 6.82. The van der Waals surface area contributed by atoms with Crippen molar-refractivity contribution in [3.63, 3.8) is 0 Å². The fraction of sp³-hybridized carbons (Fsp3) is 0.579. The first-order valence-corrected chi connectivity index (χ1v) is 16.7. The Labute approximate surface area is 276 Å². The number of fused-ring (bicyclic) bond motifs is 5. The van der Waals surface area contributed by atoms with Crippen LogP contribution in [0.5, 0.6) is 0 Å². The molecule has 3 saturated carbocycles. The summed E-state index contributed by atoms with van der Waals surface area (Å²) in [5.41, 5.74) is -4.84. The van der Waals surface area contributed by atoms with Crippen molar-refractivity contribution >= 4 is 30.1 Å². The van der Waals surface area contributed by atoms with Gasteiger partial charge in [0.2, 0.25) is 0 Å². The summed E-state index contributed by atoms with van der Waals surface area (Å²) in [5.74, 6) is -2.11. The number of aldehydes is 1. The number of carbonyl (C=O) groups is 4. The number of hydrogen-bond donors (Lipinski definition) is 3. The Balaban J connectivity index is 1.42. The van der Waals surface area contributed by atoms with E-state index in [2.05, 4.69) is 0 Å². The van der Waals surface area contributed by atoms with Gasteiger partial charge in [-0.15, -0.1) is 0 Å². The highest BCUT2D eigenvalue weighted by Gasteiger charge is 2.81. The molecule has 1 aromatic rings. The third-order valence-electron chi connectivity index (χ3n) is 12.4. The monoisotopic (exact) mass is 648 g/mol. The van der Waals surface area contributed by atoms with E-state index in [0.717, 1.165) is 23.0 Å². The van der Waals surface area contributed by atoms with Gasteiger partial charge >= 0.3 is 11.9 Å². The fourth-order valence-corrected chi connectivity index (χ4v) is 9.04. The molecule has 4 aliphatic rings. The quantitative estimate of drug-likeness (QED) is 0.152. The molecular weight excluding hydrogens is 600 g/mol. The molecule has 9 nitrogen and oxygen atoms in total. The van der Waals surface area contributed by atoms with Crippen LogP contribution < -0.4 is 0 Å². The normalized spacial score (nSPS) is 38.2. The van der Waals surface area contributed by atoms with Gasteiger partial charge in [-0.05, 0) is 82.3 Å². The van der Waals surface area contributed by atoms with E-state index >= 15 is 0 Å². The first-order valence-electron chi connectivity index (χ1n) is 16.7. The highest BCUT2D eigenvalue weighted by molar-refractivity contribution is 5.88. The largest absolute Gasteiger partial charge is 0.459 e. The molecule has 5 rings (SSSR count). The SMILES string of the molecule is CC(=O)[C@]1(O)CC[C@@]2(O)[C@]1(C)[C@H](OC(=O)/C=C(\C)C(C)C)CC1[C@@]3(C)CC[C@H](OC(=O)/C=C/c4ccc(C=O)cc4)CC3=CC[C@]12O. The van der Waals surface area contributed by atoms with Gasteiger partial charge in [0.05, 0.1) is 5.41 Å². The van der Waals surface area contributed by atoms with Crippen molar-refractivity contribution < 1.29 is 44.0 Å². The van der Waals surface area contributed by atoms with E-state index in [1.807, 2.05) is 33.8 Å². The molecular formula is C38H48O9. The van der Waals surface area contributed by atoms with Gasteiger partial charge < -0.3 is 24.8 Å². The van der Waals surface area contributed by atoms with Crippen molar-refractivity contribution in [1.82, 2.24) is 0 Å². The molecule has 47 heavy (non-hydrogen) atoms. The minimum Gasteiger partial charge on any atom is -0.459 e. The molecule has 8 atom stereocenters. The second-order valence-electron chi connectivity index (χ2n) is 14.9. The molecule has 0 amide bonds. The molecule has 9 heteroatoms. The Morgan fingerprint density at radius 2 is 1.60 bits per heavy atom. The maximum Gasteiger partial charge on any atom is 0.331 e. The second kappa shape index (κ2) is 12.2. The number of esters is 2. The van der Waals surface area contributed by atoms with Crippen LogP contribution in [0.4, 0.5) is 0 Å². The number of carbonyl (C=O) groups excluding carboxylic acids is 4. The summed E-state index contributed by atoms with van der Waals surface area (Å²) in [7, 11) is 0. The fourth-order valence-electron chi connectivity index (χ4n) is 9.04. The van der Waals surface area contributed by atoms with Crippen molar-refractivity contribution in [3.05, 3.63) is 64.8 Å². The van der Waals surface area contributed by atoms with E-state index in [-0.39, 0.29) is 37.7 Å². The van der Waals surface area contributed by atoms with E-state index in [4.69, 9.17) is 9.47 Å². The summed E-state index contributed by atoms with van der Waals surface area (Å²) in [5, 5.41) is 37.1. The number of benzene rings is 1. The molecule has 4 aliphatic carbocycles. The molecule has 0 bridgehead atoms. The lowest BCUT2D eigenvalue weighted by atomic mass is 9.42. The van der Waals surface area contributed by atoms with Crippen LogP contribution in [0.25, 0.3) is 6.08 Å². The van der Waals surface area contributed by atoms with E-state index in [0.29, 0.717) is 24.8 Å². The van der Waals surface area contributed by atoms with Crippen molar-refractivity contribution in [2.45, 2.75) is 115 Å². The summed E-state index contributed by atoms with van der Waals surface area (Å²) >= 11 is 0. The third-order valence-corrected chi connectivity index (χ3v) is 12.4. The van der Waals surface area contributed by atoms with E-state index in [9.17, 15) is 34.5 Å². The Morgan fingerprint density at radius 1 is 0.936 bits per heavy atom. The van der Waals surface area contributed by atoms with Crippen LogP contribution in [0.2, 0.25) is 0 Å². The summed E-state index contributed by atoms with van der Waals surface area (Å²) in [6.07, 6.45) is 7.24. The van der Waals surface area contributed by atoms with Gasteiger partial charge in [0.25, 0.3) is 0 Å². The van der Waals surface area contributed by atoms with Crippen LogP contribution >= 0.6 is 0 Å². The second-order valence-corrected chi connectivity index (χ2v) is 14.9. The minimum atomic E-state index is -2.01. The number of Topliss-reactive ketones (excluding diaryl/α,β-unsaturated/α-hetero) is 1. The lowest BCUT2D eigenvalue weighted by Crippen LogP contribution is -2.78. The zero-order valence-corrected chi connectivity index (χ0v) is 28.2. The summed E-state index contributed by atoms with van der Waals surface area (Å²) in [4.78, 5) is 50.0. The maximum atomic E-state index is 13.3. The first kappa shape index (κ1) is 34.9. The van der Waals surface area contributed by atoms with Crippen LogP contribution in [0.3, 0.4) is 0 Å². The number of ketones is 1. The average Bonchev–Trinajstić information content (AvgIpc) is 3.26. The van der Waals surface area contributed by atoms with Crippen LogP contribution in [0.1, 0.15) is 102 Å². The predicted molar refractivity (Wildman–Crippen MR) is 175 cm³/mol. The average molecular weight is 649 g/mol. The van der Waals surface area contributed by atoms with Crippen molar-refractivity contribution in [2.75, 3.05) is 0 Å². The Hall–Kier alpha value is -3.40. The molecule has 1 aromatic carbocycles. The standard InChI is InChI=1S/C38H48O9/c1-23(2)24(3)19-33(42)47-31-21-30-34(5)15-14-29(46-32(41)12-11-26-7-9-27(22-39)10-8-26)20-28(34)13-16-37(30,44)38(45)18-17-36(43,25(4)40)35(31,38)6/h7-13,19,22-23,29-31,43-45H,14-18,20-21H2,1-6H3/b12-11+,24-19+/t29-,30?,31+,34-,35+,36+,37-,38+/m0/s1. The molecule has 0 aliphatic heterocycles. The zero-order chi connectivity index (χ0) is 34.6. The van der Waals surface area contributed by atoms with Crippen molar-refractivity contribution in [2.24, 2.45) is 22.7 Å². The Morgan fingerprint density at radius 3 is 2.21 bits per heavy atom. The number of hydrogen-bond acceptors (Lipinski definition) is 9. The molecule has 0 saturated heterocycles. The van der Waals surface area contributed by atoms with Gasteiger partial charge in [-0.1, -0.05) is 62.3 Å². The number of allylic oxidation sites excluding steroid dienone is 1. The van der Waals surface area contributed by atoms with Crippen LogP contribution in [-0.4, -0.2) is 68.3 Å².